The van der Waals surface area contributed by atoms with Crippen molar-refractivity contribution in [3.05, 3.63) is 72.2 Å². The molecule has 156 valence electrons. The highest BCUT2D eigenvalue weighted by Crippen LogP contribution is 2.27. The predicted octanol–water partition coefficient (Wildman–Crippen LogP) is 2.05. The third kappa shape index (κ3) is 4.22. The molecule has 1 aliphatic heterocycles. The Kier molecular flexibility index (Phi) is 5.10. The Morgan fingerprint density at radius 1 is 0.933 bits per heavy atom. The third-order valence-electron chi connectivity index (χ3n) is 4.43. The maximum atomic E-state index is 12.7. The molecule has 9 nitrogen and oxygen atoms in total. The van der Waals surface area contributed by atoms with Crippen molar-refractivity contribution in [2.45, 2.75) is 22.8 Å². The van der Waals surface area contributed by atoms with Crippen LogP contribution >= 0.6 is 0 Å². The number of rotatable bonds is 7. The number of nitrogens with one attached hydrogen (secondary N) is 3. The minimum atomic E-state index is -3.98. The topological polar surface area (TPSA) is 135 Å². The van der Waals surface area contributed by atoms with E-state index in [4.69, 9.17) is 4.42 Å². The number of anilines is 2. The summed E-state index contributed by atoms with van der Waals surface area (Å²) in [4.78, 5) is 11.3. The van der Waals surface area contributed by atoms with Gasteiger partial charge in [0, 0.05) is 5.69 Å². The number of carbonyl (C=O) groups excluding carboxylic acids is 1. The average molecular weight is 447 g/mol. The summed E-state index contributed by atoms with van der Waals surface area (Å²) in [6, 6.07) is 13.0. The molecule has 3 aromatic rings. The lowest BCUT2D eigenvalue weighted by Crippen LogP contribution is -2.23. The number of hydrogen-bond donors (Lipinski definition) is 3. The zero-order valence-electron chi connectivity index (χ0n) is 15.5. The Labute approximate surface area is 173 Å². The Hall–Kier alpha value is -3.15. The monoisotopic (exact) mass is 447 g/mol. The molecule has 0 bridgehead atoms. The van der Waals surface area contributed by atoms with Crippen LogP contribution in [0.5, 0.6) is 0 Å². The van der Waals surface area contributed by atoms with Crippen LogP contribution in [0.25, 0.3) is 0 Å². The number of amides is 1. The van der Waals surface area contributed by atoms with Crippen LogP contribution in [-0.4, -0.2) is 22.7 Å². The second-order valence-electron chi connectivity index (χ2n) is 6.58. The highest BCUT2D eigenvalue weighted by molar-refractivity contribution is 7.92. The molecule has 0 saturated carbocycles. The minimum absolute atomic E-state index is 0.0260. The van der Waals surface area contributed by atoms with Crippen molar-refractivity contribution in [2.75, 3.05) is 10.0 Å². The lowest BCUT2D eigenvalue weighted by molar-refractivity contribution is -0.115. The molecule has 0 aliphatic carbocycles. The van der Waals surface area contributed by atoms with Gasteiger partial charge in [0.1, 0.15) is 5.76 Å². The Bertz CT molecular complexity index is 1320. The maximum Gasteiger partial charge on any atom is 0.261 e. The Morgan fingerprint density at radius 2 is 1.73 bits per heavy atom. The van der Waals surface area contributed by atoms with E-state index in [0.717, 1.165) is 0 Å². The van der Waals surface area contributed by atoms with Gasteiger partial charge in [0.25, 0.3) is 10.0 Å². The first kappa shape index (κ1) is 20.1. The molecule has 30 heavy (non-hydrogen) atoms. The van der Waals surface area contributed by atoms with Crippen LogP contribution in [-0.2, 0) is 37.8 Å². The van der Waals surface area contributed by atoms with E-state index in [2.05, 4.69) is 14.8 Å². The second kappa shape index (κ2) is 7.59. The van der Waals surface area contributed by atoms with Crippen molar-refractivity contribution < 1.29 is 26.0 Å². The van der Waals surface area contributed by atoms with Crippen LogP contribution in [0.1, 0.15) is 11.3 Å². The van der Waals surface area contributed by atoms with Crippen molar-refractivity contribution in [1.29, 1.82) is 0 Å². The van der Waals surface area contributed by atoms with Crippen LogP contribution in [0.2, 0.25) is 0 Å². The molecule has 3 N–H and O–H groups in total. The quantitative estimate of drug-likeness (QED) is 0.507. The zero-order chi connectivity index (χ0) is 21.4. The second-order valence-corrected chi connectivity index (χ2v) is 10.0. The van der Waals surface area contributed by atoms with Crippen LogP contribution in [0.4, 0.5) is 11.4 Å². The van der Waals surface area contributed by atoms with Crippen LogP contribution in [0, 0.1) is 0 Å². The number of furan rings is 1. The van der Waals surface area contributed by atoms with Gasteiger partial charge in [-0.05, 0) is 54.1 Å². The smallest absolute Gasteiger partial charge is 0.261 e. The summed E-state index contributed by atoms with van der Waals surface area (Å²) < 4.78 is 60.3. The predicted molar refractivity (Wildman–Crippen MR) is 109 cm³/mol. The largest absolute Gasteiger partial charge is 0.468 e. The molecule has 1 aromatic heterocycles. The lowest BCUT2D eigenvalue weighted by Gasteiger charge is -2.11. The SMILES string of the molecule is O=C1Cc2cc(S(=O)(=O)Nc3cccc(S(=O)(=O)NCc4ccco4)c3)ccc2N1. The number of benzene rings is 2. The van der Waals surface area contributed by atoms with E-state index < -0.39 is 20.0 Å². The molecule has 2 heterocycles. The van der Waals surface area contributed by atoms with E-state index in [1.54, 1.807) is 12.1 Å². The summed E-state index contributed by atoms with van der Waals surface area (Å²) in [7, 11) is -7.87. The first-order valence-corrected chi connectivity index (χ1v) is 11.8. The summed E-state index contributed by atoms with van der Waals surface area (Å²) in [5, 5.41) is 2.64. The zero-order valence-corrected chi connectivity index (χ0v) is 17.1. The van der Waals surface area contributed by atoms with E-state index >= 15 is 0 Å². The van der Waals surface area contributed by atoms with Gasteiger partial charge in [-0.25, -0.2) is 21.6 Å². The highest BCUT2D eigenvalue weighted by atomic mass is 32.2. The first-order chi connectivity index (χ1) is 14.2. The van der Waals surface area contributed by atoms with Crippen molar-refractivity contribution in [1.82, 2.24) is 4.72 Å². The molecule has 0 radical (unpaired) electrons. The molecule has 1 amide bonds. The van der Waals surface area contributed by atoms with Gasteiger partial charge < -0.3 is 9.73 Å². The van der Waals surface area contributed by atoms with Crippen LogP contribution in [0.3, 0.4) is 0 Å². The van der Waals surface area contributed by atoms with Crippen LogP contribution in [0.15, 0.2) is 75.1 Å². The Morgan fingerprint density at radius 3 is 2.50 bits per heavy atom. The van der Waals surface area contributed by atoms with Gasteiger partial charge in [-0.1, -0.05) is 6.07 Å². The number of carbonyl (C=O) groups is 1. The van der Waals surface area contributed by atoms with Gasteiger partial charge in [0.2, 0.25) is 15.9 Å². The van der Waals surface area contributed by atoms with Crippen molar-refractivity contribution in [3.63, 3.8) is 0 Å². The summed E-state index contributed by atoms with van der Waals surface area (Å²) in [6.45, 7) is -0.0346. The molecule has 11 heteroatoms. The molecule has 0 saturated heterocycles. The fraction of sp³-hybridized carbons (Fsp3) is 0.105. The fourth-order valence-corrected chi connectivity index (χ4v) is 5.11. The average Bonchev–Trinajstić information content (AvgIpc) is 3.34. The van der Waals surface area contributed by atoms with Gasteiger partial charge in [-0.15, -0.1) is 0 Å². The Balaban J connectivity index is 1.54. The van der Waals surface area contributed by atoms with Gasteiger partial charge >= 0.3 is 0 Å². The molecular weight excluding hydrogens is 430 g/mol. The molecule has 0 spiro atoms. The van der Waals surface area contributed by atoms with E-state index in [9.17, 15) is 21.6 Å². The van der Waals surface area contributed by atoms with Crippen molar-refractivity contribution in [2.24, 2.45) is 0 Å². The van der Waals surface area contributed by atoms with E-state index in [-0.39, 0.29) is 34.4 Å². The number of fused-ring (bicyclic) bond motifs is 1. The normalized spacial score (nSPS) is 13.7. The van der Waals surface area contributed by atoms with Gasteiger partial charge in [0.15, 0.2) is 0 Å². The lowest BCUT2D eigenvalue weighted by atomic mass is 10.2. The summed E-state index contributed by atoms with van der Waals surface area (Å²) in [5.74, 6) is 0.243. The standard InChI is InChI=1S/C19H17N3O6S2/c23-19-10-13-9-17(6-7-18(13)21-19)30(26,27)22-14-3-1-5-16(11-14)29(24,25)20-12-15-4-2-8-28-15/h1-9,11,20,22H,10,12H2,(H,21,23). The fourth-order valence-electron chi connectivity index (χ4n) is 2.98. The van der Waals surface area contributed by atoms with E-state index in [0.29, 0.717) is 17.0 Å². The number of sulfonamides is 2. The van der Waals surface area contributed by atoms with Gasteiger partial charge in [-0.3, -0.25) is 9.52 Å². The molecule has 0 atom stereocenters. The number of hydrogen-bond acceptors (Lipinski definition) is 6. The van der Waals surface area contributed by atoms with Gasteiger partial charge in [-0.2, -0.15) is 0 Å². The van der Waals surface area contributed by atoms with E-state index in [1.807, 2.05) is 0 Å². The van der Waals surface area contributed by atoms with E-state index in [1.165, 1.54) is 48.7 Å². The first-order valence-electron chi connectivity index (χ1n) is 8.81. The molecular formula is C19H17N3O6S2. The minimum Gasteiger partial charge on any atom is -0.468 e. The molecule has 2 aromatic carbocycles. The molecule has 0 unspecified atom stereocenters. The van der Waals surface area contributed by atoms with Crippen molar-refractivity contribution >= 4 is 37.3 Å². The summed E-state index contributed by atoms with van der Waals surface area (Å²) in [5.41, 5.74) is 1.25. The third-order valence-corrected chi connectivity index (χ3v) is 7.20. The van der Waals surface area contributed by atoms with Crippen LogP contribution < -0.4 is 14.8 Å². The highest BCUT2D eigenvalue weighted by Gasteiger charge is 2.22. The summed E-state index contributed by atoms with van der Waals surface area (Å²) >= 11 is 0. The molecule has 4 rings (SSSR count). The maximum absolute atomic E-state index is 12.7. The molecule has 0 fully saturated rings. The molecule has 1 aliphatic rings. The van der Waals surface area contributed by atoms with Gasteiger partial charge in [0.05, 0.1) is 34.7 Å². The van der Waals surface area contributed by atoms with Crippen molar-refractivity contribution in [3.8, 4) is 0 Å². The summed E-state index contributed by atoms with van der Waals surface area (Å²) in [6.07, 6.45) is 1.54.